The molecule has 0 amide bonds. The first-order valence-electron chi connectivity index (χ1n) is 11.9. The normalized spacial score (nSPS) is 10.2. The molecule has 0 N–H and O–H groups in total. The van der Waals surface area contributed by atoms with Gasteiger partial charge in [-0.1, -0.05) is 26.3 Å². The average Bonchev–Trinajstić information content (AvgIpc) is 2.88. The number of benzene rings is 2. The van der Waals surface area contributed by atoms with Crippen molar-refractivity contribution in [2.45, 2.75) is 27.7 Å². The summed E-state index contributed by atoms with van der Waals surface area (Å²) < 4.78 is 26.2. The summed E-state index contributed by atoms with van der Waals surface area (Å²) in [6.45, 7) is 19.8. The van der Waals surface area contributed by atoms with Crippen molar-refractivity contribution in [3.63, 3.8) is 0 Å². The molecule has 0 atom stereocenters. The smallest absolute Gasteiger partial charge is 0.338 e. The molecule has 0 saturated carbocycles. The fraction of sp³-hybridized carbons (Fsp3) is 0.129. The molecule has 0 fully saturated rings. The minimum Gasteiger partial charge on any atom is -0.423 e. The first-order chi connectivity index (χ1) is 19.2. The summed E-state index contributed by atoms with van der Waals surface area (Å²) in [5.74, 6) is -4.16. The van der Waals surface area contributed by atoms with Crippen molar-refractivity contribution in [1.29, 1.82) is 0 Å². The van der Waals surface area contributed by atoms with E-state index in [1.807, 2.05) is 0 Å². The van der Waals surface area contributed by atoms with E-state index in [-0.39, 0.29) is 51.0 Å². The van der Waals surface area contributed by atoms with Crippen LogP contribution in [0.25, 0.3) is 6.08 Å². The molecule has 0 radical (unpaired) electrons. The maximum absolute atomic E-state index is 12.7. The van der Waals surface area contributed by atoms with E-state index in [1.54, 1.807) is 0 Å². The fourth-order valence-corrected chi connectivity index (χ4v) is 2.60. The molecule has 10 heteroatoms. The monoisotopic (exact) mass is 560 g/mol. The molecular weight excluding hydrogens is 532 g/mol. The van der Waals surface area contributed by atoms with Crippen LogP contribution in [0.5, 0.6) is 28.7 Å². The van der Waals surface area contributed by atoms with Gasteiger partial charge in [-0.05, 0) is 63.6 Å². The van der Waals surface area contributed by atoms with Gasteiger partial charge in [0, 0.05) is 40.5 Å². The lowest BCUT2D eigenvalue weighted by atomic mass is 10.2. The van der Waals surface area contributed by atoms with E-state index in [1.165, 1.54) is 70.2 Å². The van der Waals surface area contributed by atoms with Crippen LogP contribution >= 0.6 is 0 Å². The molecule has 0 saturated heterocycles. The number of hydrogen-bond donors (Lipinski definition) is 0. The van der Waals surface area contributed by atoms with Gasteiger partial charge in [0.25, 0.3) is 0 Å². The SMILES string of the molecule is C=C(C)C(=O)Oc1cc(C=CC(=O)Oc2ccc(OC(=O)C(=C)C)cc2OC(=O)C(=C)C)cc(OC(=O)C(=C)C)c1. The molecule has 0 spiro atoms. The van der Waals surface area contributed by atoms with Gasteiger partial charge in [-0.25, -0.2) is 24.0 Å². The van der Waals surface area contributed by atoms with Gasteiger partial charge in [0.1, 0.15) is 17.2 Å². The van der Waals surface area contributed by atoms with Gasteiger partial charge in [0.15, 0.2) is 11.5 Å². The van der Waals surface area contributed by atoms with Crippen LogP contribution in [0.3, 0.4) is 0 Å². The number of esters is 5. The molecular formula is C31H28O10. The van der Waals surface area contributed by atoms with E-state index in [0.29, 0.717) is 5.56 Å². The maximum Gasteiger partial charge on any atom is 0.338 e. The highest BCUT2D eigenvalue weighted by Gasteiger charge is 2.17. The zero-order chi connectivity index (χ0) is 30.9. The topological polar surface area (TPSA) is 132 Å². The highest BCUT2D eigenvalue weighted by atomic mass is 16.6. The molecule has 0 unspecified atom stereocenters. The summed E-state index contributed by atoms with van der Waals surface area (Å²) in [7, 11) is 0. The van der Waals surface area contributed by atoms with Crippen LogP contribution in [0.2, 0.25) is 0 Å². The first kappa shape index (κ1) is 31.7. The second-order valence-electron chi connectivity index (χ2n) is 8.78. The Morgan fingerprint density at radius 1 is 0.537 bits per heavy atom. The van der Waals surface area contributed by atoms with Gasteiger partial charge in [-0.2, -0.15) is 0 Å². The third kappa shape index (κ3) is 9.95. The molecule has 0 aliphatic carbocycles. The Hall–Kier alpha value is -5.51. The van der Waals surface area contributed by atoms with Gasteiger partial charge >= 0.3 is 29.8 Å². The van der Waals surface area contributed by atoms with Crippen LogP contribution < -0.4 is 23.7 Å². The lowest BCUT2D eigenvalue weighted by molar-refractivity contribution is -0.132. The largest absolute Gasteiger partial charge is 0.423 e. The van der Waals surface area contributed by atoms with E-state index >= 15 is 0 Å². The minimum absolute atomic E-state index is 0.0100. The second kappa shape index (κ2) is 14.0. The van der Waals surface area contributed by atoms with Gasteiger partial charge in [-0.3, -0.25) is 0 Å². The molecule has 2 aromatic carbocycles. The summed E-state index contributed by atoms with van der Waals surface area (Å²) in [6, 6.07) is 7.91. The zero-order valence-electron chi connectivity index (χ0n) is 23.0. The Labute approximate surface area is 236 Å². The van der Waals surface area contributed by atoms with Gasteiger partial charge < -0.3 is 23.7 Å². The Bertz CT molecular complexity index is 1460. The van der Waals surface area contributed by atoms with Crippen molar-refractivity contribution in [2.24, 2.45) is 0 Å². The van der Waals surface area contributed by atoms with Crippen LogP contribution in [0.1, 0.15) is 33.3 Å². The standard InChI is InChI=1S/C31H28O10/c1-17(2)28(33)37-22-10-11-25(26(16-22)41-31(36)20(7)8)40-27(32)12-9-21-13-23(38-29(34)18(3)4)15-24(14-21)39-30(35)19(5)6/h9-16H,1,3,5,7H2,2,4,6,8H3. The Balaban J connectivity index is 2.35. The lowest BCUT2D eigenvalue weighted by Crippen LogP contribution is -2.12. The van der Waals surface area contributed by atoms with Crippen LogP contribution in [-0.4, -0.2) is 29.8 Å². The number of carbonyl (C=O) groups excluding carboxylic acids is 5. The summed E-state index contributed by atoms with van der Waals surface area (Å²) in [4.78, 5) is 60.6. The summed E-state index contributed by atoms with van der Waals surface area (Å²) in [5.41, 5.74) is 0.788. The number of carbonyl (C=O) groups is 5. The third-order valence-electron chi connectivity index (χ3n) is 4.67. The minimum atomic E-state index is -0.894. The van der Waals surface area contributed by atoms with Crippen LogP contribution in [0.4, 0.5) is 0 Å². The number of ether oxygens (including phenoxy) is 5. The van der Waals surface area contributed by atoms with Crippen molar-refractivity contribution >= 4 is 35.9 Å². The molecule has 0 aliphatic rings. The molecule has 0 aliphatic heterocycles. The van der Waals surface area contributed by atoms with E-state index in [0.717, 1.165) is 6.08 Å². The molecule has 0 bridgehead atoms. The summed E-state index contributed by atoms with van der Waals surface area (Å²) in [6.07, 6.45) is 2.34. The van der Waals surface area contributed by atoms with Crippen molar-refractivity contribution < 1.29 is 47.7 Å². The molecule has 41 heavy (non-hydrogen) atoms. The van der Waals surface area contributed by atoms with E-state index in [4.69, 9.17) is 23.7 Å². The van der Waals surface area contributed by atoms with Gasteiger partial charge in [-0.15, -0.1) is 0 Å². The third-order valence-corrected chi connectivity index (χ3v) is 4.67. The molecule has 0 aromatic heterocycles. The number of rotatable bonds is 11. The molecule has 10 nitrogen and oxygen atoms in total. The molecule has 2 rings (SSSR count). The average molecular weight is 561 g/mol. The molecule has 2 aromatic rings. The van der Waals surface area contributed by atoms with Crippen molar-refractivity contribution in [1.82, 2.24) is 0 Å². The summed E-state index contributed by atoms with van der Waals surface area (Å²) >= 11 is 0. The predicted molar refractivity (Wildman–Crippen MR) is 149 cm³/mol. The molecule has 0 heterocycles. The quantitative estimate of drug-likeness (QED) is 0.204. The lowest BCUT2D eigenvalue weighted by Gasteiger charge is -2.12. The maximum atomic E-state index is 12.7. The zero-order valence-corrected chi connectivity index (χ0v) is 23.0. The van der Waals surface area contributed by atoms with Crippen LogP contribution in [-0.2, 0) is 24.0 Å². The van der Waals surface area contributed by atoms with E-state index in [9.17, 15) is 24.0 Å². The first-order valence-corrected chi connectivity index (χ1v) is 11.9. The Morgan fingerprint density at radius 3 is 1.44 bits per heavy atom. The Kier molecular flexibility index (Phi) is 10.9. The second-order valence-corrected chi connectivity index (χ2v) is 8.78. The van der Waals surface area contributed by atoms with Crippen LogP contribution in [0, 0.1) is 0 Å². The Morgan fingerprint density at radius 2 is 0.976 bits per heavy atom. The predicted octanol–water partition coefficient (Wildman–Crippen LogP) is 5.23. The molecule has 212 valence electrons. The van der Waals surface area contributed by atoms with Gasteiger partial charge in [0.2, 0.25) is 0 Å². The van der Waals surface area contributed by atoms with E-state index in [2.05, 4.69) is 26.3 Å². The highest BCUT2D eigenvalue weighted by molar-refractivity contribution is 5.93. The summed E-state index contributed by atoms with van der Waals surface area (Å²) in [5, 5.41) is 0. The van der Waals surface area contributed by atoms with E-state index < -0.39 is 29.8 Å². The van der Waals surface area contributed by atoms with Crippen LogP contribution in [0.15, 0.2) is 91.1 Å². The highest BCUT2D eigenvalue weighted by Crippen LogP contribution is 2.33. The van der Waals surface area contributed by atoms with Gasteiger partial charge in [0.05, 0.1) is 0 Å². The number of hydrogen-bond acceptors (Lipinski definition) is 10. The van der Waals surface area contributed by atoms with Crippen molar-refractivity contribution in [2.75, 3.05) is 0 Å². The van der Waals surface area contributed by atoms with Crippen molar-refractivity contribution in [3.8, 4) is 28.7 Å². The fourth-order valence-electron chi connectivity index (χ4n) is 2.60. The van der Waals surface area contributed by atoms with Crippen molar-refractivity contribution in [3.05, 3.63) is 96.6 Å².